The summed E-state index contributed by atoms with van der Waals surface area (Å²) in [4.78, 5) is 19.9. The maximum atomic E-state index is 13.4. The Bertz CT molecular complexity index is 1220. The zero-order chi connectivity index (χ0) is 21.9. The Labute approximate surface area is 196 Å². The van der Waals surface area contributed by atoms with E-state index in [9.17, 15) is 4.79 Å². The van der Waals surface area contributed by atoms with Crippen molar-refractivity contribution >= 4 is 44.2 Å². The van der Waals surface area contributed by atoms with Crippen LogP contribution in [0, 0.1) is 0 Å². The number of thiazole rings is 1. The molecule has 0 bridgehead atoms. The van der Waals surface area contributed by atoms with E-state index in [1.165, 1.54) is 16.9 Å². The molecule has 2 heterocycles. The second kappa shape index (κ2) is 9.41. The van der Waals surface area contributed by atoms with Crippen LogP contribution < -0.4 is 4.90 Å². The van der Waals surface area contributed by atoms with Crippen LogP contribution in [0.2, 0.25) is 5.02 Å². The number of fused-ring (bicyclic) bond motifs is 1. The summed E-state index contributed by atoms with van der Waals surface area (Å²) in [6, 6.07) is 24.1. The number of carbonyl (C=O) groups is 1. The number of hydrogen-bond donors (Lipinski definition) is 0. The molecule has 0 radical (unpaired) electrons. The molecule has 4 aromatic rings. The summed E-state index contributed by atoms with van der Waals surface area (Å²) in [5.74, 6) is 0.0260. The molecule has 32 heavy (non-hydrogen) atoms. The maximum absolute atomic E-state index is 13.4. The molecule has 5 rings (SSSR count). The minimum atomic E-state index is 0.0260. The van der Waals surface area contributed by atoms with E-state index in [1.807, 2.05) is 48.5 Å². The van der Waals surface area contributed by atoms with Gasteiger partial charge in [-0.25, -0.2) is 4.98 Å². The fourth-order valence-corrected chi connectivity index (χ4v) is 5.26. The molecule has 162 valence electrons. The van der Waals surface area contributed by atoms with E-state index in [-0.39, 0.29) is 12.0 Å². The van der Waals surface area contributed by atoms with Gasteiger partial charge < -0.3 is 4.74 Å². The van der Waals surface area contributed by atoms with Crippen LogP contribution in [0.3, 0.4) is 0 Å². The molecular formula is C26H23ClN2O2S. The van der Waals surface area contributed by atoms with E-state index in [0.717, 1.165) is 40.8 Å². The zero-order valence-corrected chi connectivity index (χ0v) is 19.1. The summed E-state index contributed by atoms with van der Waals surface area (Å²) in [7, 11) is 0. The van der Waals surface area contributed by atoms with Gasteiger partial charge in [0, 0.05) is 11.6 Å². The van der Waals surface area contributed by atoms with Gasteiger partial charge in [0.15, 0.2) is 5.13 Å². The molecule has 3 aromatic carbocycles. The van der Waals surface area contributed by atoms with Crippen molar-refractivity contribution in [2.75, 3.05) is 18.1 Å². The lowest BCUT2D eigenvalue weighted by Gasteiger charge is -2.23. The molecule has 0 saturated carbocycles. The lowest BCUT2D eigenvalue weighted by Crippen LogP contribution is -2.38. The molecule has 4 nitrogen and oxygen atoms in total. The van der Waals surface area contributed by atoms with E-state index in [2.05, 4.69) is 24.3 Å². The quantitative estimate of drug-likeness (QED) is 0.334. The number of anilines is 1. The van der Waals surface area contributed by atoms with Crippen molar-refractivity contribution in [3.05, 3.63) is 83.4 Å². The van der Waals surface area contributed by atoms with Crippen molar-refractivity contribution in [2.45, 2.75) is 25.4 Å². The number of rotatable bonds is 6. The molecule has 1 fully saturated rings. The predicted molar refractivity (Wildman–Crippen MR) is 132 cm³/mol. The highest BCUT2D eigenvalue weighted by atomic mass is 35.5. The van der Waals surface area contributed by atoms with E-state index >= 15 is 0 Å². The Morgan fingerprint density at radius 3 is 2.59 bits per heavy atom. The van der Waals surface area contributed by atoms with Crippen LogP contribution in [-0.2, 0) is 16.0 Å². The van der Waals surface area contributed by atoms with Crippen LogP contribution in [0.4, 0.5) is 5.13 Å². The van der Waals surface area contributed by atoms with Crippen molar-refractivity contribution in [3.63, 3.8) is 0 Å². The van der Waals surface area contributed by atoms with Gasteiger partial charge in [-0.2, -0.15) is 0 Å². The first-order chi connectivity index (χ1) is 15.7. The van der Waals surface area contributed by atoms with Gasteiger partial charge >= 0.3 is 0 Å². The van der Waals surface area contributed by atoms with Crippen LogP contribution in [0.5, 0.6) is 0 Å². The van der Waals surface area contributed by atoms with Crippen LogP contribution in [-0.4, -0.2) is 30.1 Å². The predicted octanol–water partition coefficient (Wildman–Crippen LogP) is 6.37. The molecule has 1 saturated heterocycles. The van der Waals surface area contributed by atoms with Crippen molar-refractivity contribution in [3.8, 4) is 11.1 Å². The third-order valence-corrected chi connectivity index (χ3v) is 6.97. The highest BCUT2D eigenvalue weighted by Crippen LogP contribution is 2.32. The Morgan fingerprint density at radius 2 is 1.84 bits per heavy atom. The average molecular weight is 463 g/mol. The van der Waals surface area contributed by atoms with Crippen LogP contribution in [0.25, 0.3) is 21.3 Å². The average Bonchev–Trinajstić information content (AvgIpc) is 3.48. The van der Waals surface area contributed by atoms with Gasteiger partial charge in [0.25, 0.3) is 0 Å². The number of halogens is 1. The smallest absolute Gasteiger partial charge is 0.233 e. The molecule has 1 amide bonds. The number of hydrogen-bond acceptors (Lipinski definition) is 4. The second-order valence-corrected chi connectivity index (χ2v) is 9.43. The van der Waals surface area contributed by atoms with Crippen molar-refractivity contribution in [1.82, 2.24) is 4.98 Å². The van der Waals surface area contributed by atoms with Gasteiger partial charge in [-0.3, -0.25) is 9.69 Å². The first kappa shape index (κ1) is 21.1. The Kier molecular flexibility index (Phi) is 6.21. The lowest BCUT2D eigenvalue weighted by atomic mass is 10.0. The molecule has 1 unspecified atom stereocenters. The van der Waals surface area contributed by atoms with Gasteiger partial charge in [-0.1, -0.05) is 77.5 Å². The summed E-state index contributed by atoms with van der Waals surface area (Å²) in [6.07, 6.45) is 2.36. The normalized spacial score (nSPS) is 15.8. The number of aromatic nitrogens is 1. The molecule has 6 heteroatoms. The number of carbonyl (C=O) groups excluding carboxylic acids is 1. The topological polar surface area (TPSA) is 42.4 Å². The van der Waals surface area contributed by atoms with Gasteiger partial charge in [0.05, 0.1) is 29.3 Å². The molecule has 1 atom stereocenters. The Balaban J connectivity index is 1.38. The van der Waals surface area contributed by atoms with Crippen LogP contribution in [0.15, 0.2) is 72.8 Å². The first-order valence-corrected chi connectivity index (χ1v) is 12.0. The van der Waals surface area contributed by atoms with E-state index in [4.69, 9.17) is 21.3 Å². The minimum absolute atomic E-state index is 0.0260. The Morgan fingerprint density at radius 1 is 1.06 bits per heavy atom. The maximum Gasteiger partial charge on any atom is 0.233 e. The molecule has 0 N–H and O–H groups in total. The standard InChI is InChI=1S/C26H23ClN2O2S/c27-21-12-13-23-24(16-21)32-26(28-23)29(17-22-7-4-14-31-22)25(30)15-18-8-10-20(11-9-18)19-5-2-1-3-6-19/h1-3,5-6,8-13,16,22H,4,7,14-15,17H2. The SMILES string of the molecule is O=C(Cc1ccc(-c2ccccc2)cc1)N(CC1CCCO1)c1nc2ccc(Cl)cc2s1. The number of nitrogens with zero attached hydrogens (tertiary/aromatic N) is 2. The zero-order valence-electron chi connectivity index (χ0n) is 17.5. The Hall–Kier alpha value is -2.73. The van der Waals surface area contributed by atoms with Crippen LogP contribution in [0.1, 0.15) is 18.4 Å². The number of amides is 1. The fraction of sp³-hybridized carbons (Fsp3) is 0.231. The van der Waals surface area contributed by atoms with Crippen molar-refractivity contribution in [1.29, 1.82) is 0 Å². The largest absolute Gasteiger partial charge is 0.376 e. The monoisotopic (exact) mass is 462 g/mol. The summed E-state index contributed by atoms with van der Waals surface area (Å²) in [6.45, 7) is 1.28. The van der Waals surface area contributed by atoms with Crippen LogP contribution >= 0.6 is 22.9 Å². The summed E-state index contributed by atoms with van der Waals surface area (Å²) < 4.78 is 6.80. The van der Waals surface area contributed by atoms with E-state index in [1.54, 1.807) is 4.90 Å². The van der Waals surface area contributed by atoms with Gasteiger partial charge in [0.1, 0.15) is 0 Å². The molecule has 0 aliphatic carbocycles. The highest BCUT2D eigenvalue weighted by molar-refractivity contribution is 7.22. The first-order valence-electron chi connectivity index (χ1n) is 10.8. The number of ether oxygens (including phenoxy) is 1. The van der Waals surface area contributed by atoms with Crippen molar-refractivity contribution in [2.24, 2.45) is 0 Å². The fourth-order valence-electron chi connectivity index (χ4n) is 4.00. The summed E-state index contributed by atoms with van der Waals surface area (Å²) >= 11 is 7.65. The molecule has 0 spiro atoms. The lowest BCUT2D eigenvalue weighted by molar-refractivity contribution is -0.118. The van der Waals surface area contributed by atoms with Gasteiger partial charge in [-0.15, -0.1) is 0 Å². The third-order valence-electron chi connectivity index (χ3n) is 5.70. The van der Waals surface area contributed by atoms with E-state index in [0.29, 0.717) is 23.1 Å². The van der Waals surface area contributed by atoms with E-state index < -0.39 is 0 Å². The number of benzene rings is 3. The highest BCUT2D eigenvalue weighted by Gasteiger charge is 2.26. The molecule has 1 aromatic heterocycles. The minimum Gasteiger partial charge on any atom is -0.376 e. The summed E-state index contributed by atoms with van der Waals surface area (Å²) in [5, 5.41) is 1.37. The third kappa shape index (κ3) is 4.70. The molecular weight excluding hydrogens is 440 g/mol. The second-order valence-electron chi connectivity index (χ2n) is 7.99. The molecule has 1 aliphatic rings. The van der Waals surface area contributed by atoms with Gasteiger partial charge in [0.2, 0.25) is 5.91 Å². The van der Waals surface area contributed by atoms with Gasteiger partial charge in [-0.05, 0) is 47.7 Å². The van der Waals surface area contributed by atoms with Crippen molar-refractivity contribution < 1.29 is 9.53 Å². The molecule has 1 aliphatic heterocycles. The summed E-state index contributed by atoms with van der Waals surface area (Å²) in [5.41, 5.74) is 4.14.